The summed E-state index contributed by atoms with van der Waals surface area (Å²) < 4.78 is 0. The van der Waals surface area contributed by atoms with Gasteiger partial charge in [-0.2, -0.15) is 0 Å². The molecule has 1 aliphatic heterocycles. The smallest absolute Gasteiger partial charge is 0.141 e. The van der Waals surface area contributed by atoms with Crippen molar-refractivity contribution in [3.8, 4) is 0 Å². The molecule has 0 bridgehead atoms. The largest absolute Gasteiger partial charge is 0.382 e. The van der Waals surface area contributed by atoms with Gasteiger partial charge in [-0.15, -0.1) is 0 Å². The fourth-order valence-electron chi connectivity index (χ4n) is 2.05. The molecule has 82 valence electrons. The summed E-state index contributed by atoms with van der Waals surface area (Å²) in [4.78, 5) is 10.7. The minimum atomic E-state index is 0.488. The molecular formula is C11H18N4. The molecule has 1 aromatic heterocycles. The van der Waals surface area contributed by atoms with E-state index in [9.17, 15) is 0 Å². The summed E-state index contributed by atoms with van der Waals surface area (Å²) in [6.07, 6.45) is 3.39. The topological polar surface area (TPSA) is 55.0 Å². The van der Waals surface area contributed by atoms with Crippen LogP contribution in [0.1, 0.15) is 19.5 Å². The summed E-state index contributed by atoms with van der Waals surface area (Å²) in [5.74, 6) is 2.06. The standard InChI is InChI=1S/C11H18N4/c1-8-5-15(6-9(8)2)7-10-3-14-11(12)4-13-10/h3-4,8-9H,5-7H2,1-2H3,(H2,12,14). The predicted molar refractivity (Wildman–Crippen MR) is 60.0 cm³/mol. The lowest BCUT2D eigenvalue weighted by Crippen LogP contribution is -2.20. The Hall–Kier alpha value is -1.16. The molecule has 15 heavy (non-hydrogen) atoms. The molecule has 2 heterocycles. The minimum Gasteiger partial charge on any atom is -0.382 e. The maximum absolute atomic E-state index is 5.49. The molecule has 0 amide bonds. The Morgan fingerprint density at radius 2 is 1.93 bits per heavy atom. The van der Waals surface area contributed by atoms with E-state index in [-0.39, 0.29) is 0 Å². The molecule has 4 heteroatoms. The number of nitrogens with two attached hydrogens (primary N) is 1. The van der Waals surface area contributed by atoms with E-state index in [4.69, 9.17) is 5.73 Å². The fourth-order valence-corrected chi connectivity index (χ4v) is 2.05. The van der Waals surface area contributed by atoms with Gasteiger partial charge in [0.25, 0.3) is 0 Å². The fraction of sp³-hybridized carbons (Fsp3) is 0.636. The second kappa shape index (κ2) is 4.14. The Bertz CT molecular complexity index is 312. The van der Waals surface area contributed by atoms with Crippen molar-refractivity contribution >= 4 is 5.82 Å². The summed E-state index contributed by atoms with van der Waals surface area (Å²) in [6, 6.07) is 0. The molecule has 1 aromatic rings. The molecule has 2 rings (SSSR count). The Kier molecular flexibility index (Phi) is 2.86. The Balaban J connectivity index is 1.95. The average Bonchev–Trinajstić information content (AvgIpc) is 2.50. The van der Waals surface area contributed by atoms with Crippen molar-refractivity contribution in [2.45, 2.75) is 20.4 Å². The third kappa shape index (κ3) is 2.45. The summed E-state index contributed by atoms with van der Waals surface area (Å²) in [6.45, 7) is 7.82. The number of likely N-dealkylation sites (tertiary alicyclic amines) is 1. The van der Waals surface area contributed by atoms with E-state index in [1.807, 2.05) is 0 Å². The van der Waals surface area contributed by atoms with Crippen molar-refractivity contribution in [1.29, 1.82) is 0 Å². The van der Waals surface area contributed by atoms with Crippen LogP contribution < -0.4 is 5.73 Å². The van der Waals surface area contributed by atoms with E-state index in [0.717, 1.165) is 37.2 Å². The van der Waals surface area contributed by atoms with Crippen LogP contribution in [0.4, 0.5) is 5.82 Å². The number of aromatic nitrogens is 2. The monoisotopic (exact) mass is 206 g/mol. The molecule has 2 N–H and O–H groups in total. The van der Waals surface area contributed by atoms with Crippen LogP contribution in [0.5, 0.6) is 0 Å². The maximum atomic E-state index is 5.49. The second-order valence-corrected chi connectivity index (χ2v) is 4.58. The molecule has 2 atom stereocenters. The number of anilines is 1. The van der Waals surface area contributed by atoms with Crippen molar-refractivity contribution in [2.24, 2.45) is 11.8 Å². The molecule has 4 nitrogen and oxygen atoms in total. The highest BCUT2D eigenvalue weighted by Crippen LogP contribution is 2.23. The van der Waals surface area contributed by atoms with E-state index in [1.165, 1.54) is 0 Å². The highest BCUT2D eigenvalue weighted by atomic mass is 15.2. The number of hydrogen-bond donors (Lipinski definition) is 1. The van der Waals surface area contributed by atoms with E-state index in [2.05, 4.69) is 28.7 Å². The zero-order valence-electron chi connectivity index (χ0n) is 9.35. The summed E-state index contributed by atoms with van der Waals surface area (Å²) in [7, 11) is 0. The van der Waals surface area contributed by atoms with Gasteiger partial charge in [-0.1, -0.05) is 13.8 Å². The van der Waals surface area contributed by atoms with Gasteiger partial charge < -0.3 is 5.73 Å². The van der Waals surface area contributed by atoms with Gasteiger partial charge >= 0.3 is 0 Å². The molecular weight excluding hydrogens is 188 g/mol. The molecule has 2 unspecified atom stereocenters. The summed E-state index contributed by atoms with van der Waals surface area (Å²) >= 11 is 0. The highest BCUT2D eigenvalue weighted by molar-refractivity contribution is 5.22. The quantitative estimate of drug-likeness (QED) is 0.788. The van der Waals surface area contributed by atoms with Gasteiger partial charge in [0, 0.05) is 19.6 Å². The van der Waals surface area contributed by atoms with Crippen LogP contribution in [0.3, 0.4) is 0 Å². The molecule has 0 aliphatic carbocycles. The maximum Gasteiger partial charge on any atom is 0.141 e. The lowest BCUT2D eigenvalue weighted by atomic mass is 10.0. The second-order valence-electron chi connectivity index (χ2n) is 4.58. The van der Waals surface area contributed by atoms with Gasteiger partial charge in [0.2, 0.25) is 0 Å². The average molecular weight is 206 g/mol. The van der Waals surface area contributed by atoms with Crippen LogP contribution in [0.15, 0.2) is 12.4 Å². The van der Waals surface area contributed by atoms with E-state index in [0.29, 0.717) is 5.82 Å². The SMILES string of the molecule is CC1CN(Cc2cnc(N)cn2)CC1C. The van der Waals surface area contributed by atoms with Gasteiger partial charge in [-0.25, -0.2) is 4.98 Å². The zero-order chi connectivity index (χ0) is 10.8. The van der Waals surface area contributed by atoms with Crippen LogP contribution in [0.25, 0.3) is 0 Å². The van der Waals surface area contributed by atoms with Gasteiger partial charge in [0.15, 0.2) is 0 Å². The first-order valence-electron chi connectivity index (χ1n) is 5.44. The first-order valence-corrected chi connectivity index (χ1v) is 5.44. The Labute approximate surface area is 90.5 Å². The van der Waals surface area contributed by atoms with Crippen molar-refractivity contribution in [2.75, 3.05) is 18.8 Å². The molecule has 1 saturated heterocycles. The van der Waals surface area contributed by atoms with E-state index in [1.54, 1.807) is 12.4 Å². The van der Waals surface area contributed by atoms with Crippen molar-refractivity contribution < 1.29 is 0 Å². The predicted octanol–water partition coefficient (Wildman–Crippen LogP) is 1.15. The van der Waals surface area contributed by atoms with Gasteiger partial charge in [-0.05, 0) is 11.8 Å². The van der Waals surface area contributed by atoms with Crippen molar-refractivity contribution in [3.05, 3.63) is 18.1 Å². The Morgan fingerprint density at radius 3 is 2.47 bits per heavy atom. The third-order valence-electron chi connectivity index (χ3n) is 3.17. The third-order valence-corrected chi connectivity index (χ3v) is 3.17. The number of hydrogen-bond acceptors (Lipinski definition) is 4. The zero-order valence-corrected chi connectivity index (χ0v) is 9.35. The molecule has 0 radical (unpaired) electrons. The Morgan fingerprint density at radius 1 is 1.27 bits per heavy atom. The normalized spacial score (nSPS) is 27.1. The van der Waals surface area contributed by atoms with Gasteiger partial charge in [-0.3, -0.25) is 9.88 Å². The number of nitrogen functional groups attached to an aromatic ring is 1. The first kappa shape index (κ1) is 10.4. The molecule has 0 spiro atoms. The molecule has 0 saturated carbocycles. The van der Waals surface area contributed by atoms with Crippen molar-refractivity contribution in [3.63, 3.8) is 0 Å². The molecule has 1 fully saturated rings. The number of rotatable bonds is 2. The highest BCUT2D eigenvalue weighted by Gasteiger charge is 2.25. The van der Waals surface area contributed by atoms with E-state index < -0.39 is 0 Å². The molecule has 0 aromatic carbocycles. The summed E-state index contributed by atoms with van der Waals surface area (Å²) in [5, 5.41) is 0. The van der Waals surface area contributed by atoms with E-state index >= 15 is 0 Å². The van der Waals surface area contributed by atoms with Crippen LogP contribution in [-0.2, 0) is 6.54 Å². The van der Waals surface area contributed by atoms with Crippen LogP contribution in [0, 0.1) is 11.8 Å². The lowest BCUT2D eigenvalue weighted by Gasteiger charge is -2.14. The van der Waals surface area contributed by atoms with Gasteiger partial charge in [0.05, 0.1) is 18.1 Å². The number of nitrogens with zero attached hydrogens (tertiary/aromatic N) is 3. The summed E-state index contributed by atoms with van der Waals surface area (Å²) in [5.41, 5.74) is 6.50. The van der Waals surface area contributed by atoms with Crippen LogP contribution in [-0.4, -0.2) is 28.0 Å². The lowest BCUT2D eigenvalue weighted by molar-refractivity contribution is 0.312. The first-order chi connectivity index (χ1) is 7.15. The van der Waals surface area contributed by atoms with Gasteiger partial charge in [0.1, 0.15) is 5.82 Å². The minimum absolute atomic E-state index is 0.488. The van der Waals surface area contributed by atoms with Crippen LogP contribution >= 0.6 is 0 Å². The van der Waals surface area contributed by atoms with Crippen molar-refractivity contribution in [1.82, 2.24) is 14.9 Å². The molecule has 1 aliphatic rings. The van der Waals surface area contributed by atoms with Crippen LogP contribution in [0.2, 0.25) is 0 Å².